The number of anilines is 1. The van der Waals surface area contributed by atoms with Gasteiger partial charge < -0.3 is 15.2 Å². The van der Waals surface area contributed by atoms with Crippen molar-refractivity contribution in [2.24, 2.45) is 0 Å². The Balaban J connectivity index is 2.47. The van der Waals surface area contributed by atoms with E-state index in [9.17, 15) is 4.79 Å². The highest BCUT2D eigenvalue weighted by molar-refractivity contribution is 6.12. The molecule has 2 N–H and O–H groups in total. The summed E-state index contributed by atoms with van der Waals surface area (Å²) in [6.07, 6.45) is 2.98. The summed E-state index contributed by atoms with van der Waals surface area (Å²) in [6.45, 7) is 0. The molecule has 2 rings (SSSR count). The van der Waals surface area contributed by atoms with E-state index in [0.29, 0.717) is 28.3 Å². The second-order valence-electron chi connectivity index (χ2n) is 3.89. The maximum Gasteiger partial charge on any atom is 0.195 e. The van der Waals surface area contributed by atoms with E-state index >= 15 is 0 Å². The molecule has 1 heterocycles. The van der Waals surface area contributed by atoms with E-state index in [1.807, 2.05) is 0 Å². The largest absolute Gasteiger partial charge is 0.497 e. The van der Waals surface area contributed by atoms with Crippen molar-refractivity contribution >= 4 is 11.5 Å². The monoisotopic (exact) mass is 258 g/mol. The van der Waals surface area contributed by atoms with Crippen LogP contribution in [0.4, 0.5) is 5.69 Å². The van der Waals surface area contributed by atoms with E-state index in [2.05, 4.69) is 4.98 Å². The first-order valence-corrected chi connectivity index (χ1v) is 5.63. The zero-order valence-corrected chi connectivity index (χ0v) is 10.7. The molecule has 0 aliphatic carbocycles. The summed E-state index contributed by atoms with van der Waals surface area (Å²) >= 11 is 0. The average Bonchev–Trinajstić information content (AvgIpc) is 2.46. The molecule has 0 bridgehead atoms. The highest BCUT2D eigenvalue weighted by Gasteiger charge is 2.14. The smallest absolute Gasteiger partial charge is 0.195 e. The van der Waals surface area contributed by atoms with E-state index in [-0.39, 0.29) is 5.78 Å². The van der Waals surface area contributed by atoms with Gasteiger partial charge in [0.25, 0.3) is 0 Å². The molecule has 19 heavy (non-hydrogen) atoms. The van der Waals surface area contributed by atoms with E-state index in [0.717, 1.165) is 0 Å². The van der Waals surface area contributed by atoms with Gasteiger partial charge in [0.15, 0.2) is 5.78 Å². The molecule has 98 valence electrons. The Kier molecular flexibility index (Phi) is 3.66. The third-order valence-corrected chi connectivity index (χ3v) is 2.71. The topological polar surface area (TPSA) is 74.4 Å². The average molecular weight is 258 g/mol. The van der Waals surface area contributed by atoms with Crippen molar-refractivity contribution in [1.29, 1.82) is 0 Å². The lowest BCUT2D eigenvalue weighted by atomic mass is 10.0. The van der Waals surface area contributed by atoms with Gasteiger partial charge in [-0.25, -0.2) is 0 Å². The van der Waals surface area contributed by atoms with Gasteiger partial charge in [-0.05, 0) is 18.2 Å². The van der Waals surface area contributed by atoms with Gasteiger partial charge in [-0.2, -0.15) is 0 Å². The number of methoxy groups -OCH3 is 2. The number of nitrogens with zero attached hydrogens (tertiary/aromatic N) is 1. The Hall–Kier alpha value is -2.56. The lowest BCUT2D eigenvalue weighted by molar-refractivity contribution is 0.103. The minimum absolute atomic E-state index is 0.197. The van der Waals surface area contributed by atoms with Gasteiger partial charge in [-0.15, -0.1) is 0 Å². The number of pyridine rings is 1. The molecule has 0 spiro atoms. The van der Waals surface area contributed by atoms with Crippen LogP contribution in [0.2, 0.25) is 0 Å². The second kappa shape index (κ2) is 5.39. The van der Waals surface area contributed by atoms with E-state index in [4.69, 9.17) is 15.2 Å². The molecule has 0 aliphatic heterocycles. The molecule has 0 saturated carbocycles. The summed E-state index contributed by atoms with van der Waals surface area (Å²) in [5.41, 5.74) is 6.96. The highest BCUT2D eigenvalue weighted by Crippen LogP contribution is 2.25. The SMILES string of the molecule is COc1cc(OC)cc(C(=O)c2ccncc2N)c1. The predicted octanol–water partition coefficient (Wildman–Crippen LogP) is 1.91. The zero-order valence-electron chi connectivity index (χ0n) is 10.7. The van der Waals surface area contributed by atoms with Crippen molar-refractivity contribution in [1.82, 2.24) is 4.98 Å². The third-order valence-electron chi connectivity index (χ3n) is 2.71. The number of ketones is 1. The molecule has 2 aromatic rings. The van der Waals surface area contributed by atoms with Gasteiger partial charge in [-0.3, -0.25) is 9.78 Å². The van der Waals surface area contributed by atoms with E-state index in [1.165, 1.54) is 26.6 Å². The number of benzene rings is 1. The number of nitrogens with two attached hydrogens (primary N) is 1. The molecule has 0 atom stereocenters. The lowest BCUT2D eigenvalue weighted by Crippen LogP contribution is -2.06. The molecule has 1 aromatic carbocycles. The minimum Gasteiger partial charge on any atom is -0.497 e. The quantitative estimate of drug-likeness (QED) is 0.848. The van der Waals surface area contributed by atoms with E-state index < -0.39 is 0 Å². The first kappa shape index (κ1) is 12.9. The zero-order chi connectivity index (χ0) is 13.8. The van der Waals surface area contributed by atoms with Crippen LogP contribution in [0.25, 0.3) is 0 Å². The standard InChI is InChI=1S/C14H14N2O3/c1-18-10-5-9(6-11(7-10)19-2)14(17)12-3-4-16-8-13(12)15/h3-8H,15H2,1-2H3. The van der Waals surface area contributed by atoms with Crippen molar-refractivity contribution < 1.29 is 14.3 Å². The molecular formula is C14H14N2O3. The summed E-state index contributed by atoms with van der Waals surface area (Å²) in [5, 5.41) is 0. The first-order chi connectivity index (χ1) is 9.15. The van der Waals surface area contributed by atoms with Crippen LogP contribution in [0, 0.1) is 0 Å². The van der Waals surface area contributed by atoms with Gasteiger partial charge in [0, 0.05) is 23.4 Å². The molecule has 0 radical (unpaired) electrons. The summed E-state index contributed by atoms with van der Waals surface area (Å²) in [5.74, 6) is 0.905. The molecule has 0 unspecified atom stereocenters. The molecule has 0 amide bonds. The molecule has 1 aromatic heterocycles. The Labute approximate surface area is 111 Å². The maximum atomic E-state index is 12.4. The number of nitrogen functional groups attached to an aromatic ring is 1. The highest BCUT2D eigenvalue weighted by atomic mass is 16.5. The van der Waals surface area contributed by atoms with Crippen molar-refractivity contribution in [3.63, 3.8) is 0 Å². The van der Waals surface area contributed by atoms with Crippen molar-refractivity contribution in [2.45, 2.75) is 0 Å². The van der Waals surface area contributed by atoms with Gasteiger partial charge in [0.1, 0.15) is 11.5 Å². The van der Waals surface area contributed by atoms with Crippen LogP contribution >= 0.6 is 0 Å². The van der Waals surface area contributed by atoms with Crippen molar-refractivity contribution in [3.8, 4) is 11.5 Å². The minimum atomic E-state index is -0.197. The van der Waals surface area contributed by atoms with Crippen LogP contribution in [0.3, 0.4) is 0 Å². The van der Waals surface area contributed by atoms with Crippen LogP contribution < -0.4 is 15.2 Å². The second-order valence-corrected chi connectivity index (χ2v) is 3.89. The van der Waals surface area contributed by atoms with Crippen LogP contribution in [0.5, 0.6) is 11.5 Å². The fourth-order valence-corrected chi connectivity index (χ4v) is 1.71. The van der Waals surface area contributed by atoms with E-state index in [1.54, 1.807) is 24.3 Å². The Bertz CT molecular complexity index is 589. The number of carbonyl (C=O) groups is 1. The van der Waals surface area contributed by atoms with Crippen molar-refractivity contribution in [3.05, 3.63) is 47.8 Å². The molecule has 0 fully saturated rings. The summed E-state index contributed by atoms with van der Waals surface area (Å²) < 4.78 is 10.3. The number of rotatable bonds is 4. The van der Waals surface area contributed by atoms with Gasteiger partial charge in [0.2, 0.25) is 0 Å². The number of hydrogen-bond donors (Lipinski definition) is 1. The summed E-state index contributed by atoms with van der Waals surface area (Å²) in [4.78, 5) is 16.2. The molecule has 5 heteroatoms. The van der Waals surface area contributed by atoms with Crippen LogP contribution in [-0.4, -0.2) is 25.0 Å². The van der Waals surface area contributed by atoms with Crippen LogP contribution in [-0.2, 0) is 0 Å². The predicted molar refractivity (Wildman–Crippen MR) is 71.6 cm³/mol. The Morgan fingerprint density at radius 1 is 1.16 bits per heavy atom. The maximum absolute atomic E-state index is 12.4. The first-order valence-electron chi connectivity index (χ1n) is 5.63. The van der Waals surface area contributed by atoms with Crippen molar-refractivity contribution in [2.75, 3.05) is 20.0 Å². The fraction of sp³-hybridized carbons (Fsp3) is 0.143. The van der Waals surface area contributed by atoms with Crippen LogP contribution in [0.15, 0.2) is 36.7 Å². The number of ether oxygens (including phenoxy) is 2. The molecule has 5 nitrogen and oxygen atoms in total. The Morgan fingerprint density at radius 2 is 1.79 bits per heavy atom. The Morgan fingerprint density at radius 3 is 2.32 bits per heavy atom. The number of aromatic nitrogens is 1. The number of carbonyl (C=O) groups excluding carboxylic acids is 1. The van der Waals surface area contributed by atoms with Gasteiger partial charge in [0.05, 0.1) is 26.1 Å². The van der Waals surface area contributed by atoms with Gasteiger partial charge >= 0.3 is 0 Å². The fourth-order valence-electron chi connectivity index (χ4n) is 1.71. The van der Waals surface area contributed by atoms with Gasteiger partial charge in [-0.1, -0.05) is 0 Å². The molecule has 0 aliphatic rings. The molecule has 0 saturated heterocycles. The normalized spacial score (nSPS) is 10.0. The third kappa shape index (κ3) is 2.65. The lowest BCUT2D eigenvalue weighted by Gasteiger charge is -2.08. The molecular weight excluding hydrogens is 244 g/mol. The number of hydrogen-bond acceptors (Lipinski definition) is 5. The van der Waals surface area contributed by atoms with Crippen LogP contribution in [0.1, 0.15) is 15.9 Å². The summed E-state index contributed by atoms with van der Waals surface area (Å²) in [7, 11) is 3.06. The summed E-state index contributed by atoms with van der Waals surface area (Å²) in [6, 6.07) is 6.58.